The van der Waals surface area contributed by atoms with Gasteiger partial charge in [0.1, 0.15) is 12.3 Å². The summed E-state index contributed by atoms with van der Waals surface area (Å²) in [5, 5.41) is 7.83. The molecule has 0 unspecified atom stereocenters. The number of rotatable bonds is 6. The number of aromatic nitrogens is 3. The van der Waals surface area contributed by atoms with Crippen LogP contribution in [0.4, 0.5) is 11.6 Å². The topological polar surface area (TPSA) is 72.3 Å². The van der Waals surface area contributed by atoms with Gasteiger partial charge in [0.05, 0.1) is 11.4 Å². The van der Waals surface area contributed by atoms with Crippen molar-refractivity contribution in [2.24, 2.45) is 5.16 Å². The van der Waals surface area contributed by atoms with Crippen molar-refractivity contribution in [3.8, 4) is 11.3 Å². The summed E-state index contributed by atoms with van der Waals surface area (Å²) in [6.07, 6.45) is 3.43. The Hall–Kier alpha value is -2.99. The zero-order valence-corrected chi connectivity index (χ0v) is 15.2. The van der Waals surface area contributed by atoms with Crippen molar-refractivity contribution in [3.63, 3.8) is 0 Å². The fourth-order valence-corrected chi connectivity index (χ4v) is 2.46. The Labute approximate surface area is 156 Å². The number of oxime groups is 1. The van der Waals surface area contributed by atoms with E-state index in [-0.39, 0.29) is 0 Å². The molecule has 0 bridgehead atoms. The minimum Gasteiger partial charge on any atom is -0.396 e. The number of hydrogen-bond donors (Lipinski definition) is 1. The van der Waals surface area contributed by atoms with Crippen LogP contribution in [0.3, 0.4) is 0 Å². The van der Waals surface area contributed by atoms with E-state index in [4.69, 9.17) is 16.4 Å². The fourth-order valence-electron chi connectivity index (χ4n) is 2.27. The van der Waals surface area contributed by atoms with Gasteiger partial charge in [0.15, 0.2) is 0 Å². The molecule has 1 aromatic carbocycles. The van der Waals surface area contributed by atoms with Gasteiger partial charge in [-0.2, -0.15) is 0 Å². The van der Waals surface area contributed by atoms with Gasteiger partial charge in [-0.1, -0.05) is 22.8 Å². The molecule has 6 nitrogen and oxygen atoms in total. The lowest BCUT2D eigenvalue weighted by Crippen LogP contribution is -2.01. The maximum Gasteiger partial charge on any atom is 0.227 e. The molecule has 3 rings (SSSR count). The largest absolute Gasteiger partial charge is 0.396 e. The summed E-state index contributed by atoms with van der Waals surface area (Å²) in [6, 6.07) is 13.1. The molecule has 0 spiro atoms. The summed E-state index contributed by atoms with van der Waals surface area (Å²) in [5.74, 6) is 0.489. The van der Waals surface area contributed by atoms with Crippen LogP contribution in [0, 0.1) is 0 Å². The zero-order chi connectivity index (χ0) is 18.4. The van der Waals surface area contributed by atoms with Crippen LogP contribution in [0.5, 0.6) is 0 Å². The van der Waals surface area contributed by atoms with Crippen molar-refractivity contribution in [2.75, 3.05) is 11.9 Å². The summed E-state index contributed by atoms with van der Waals surface area (Å²) >= 11 is 6.01. The Morgan fingerprint density at radius 3 is 2.81 bits per heavy atom. The summed E-state index contributed by atoms with van der Waals surface area (Å²) < 4.78 is 0. The number of anilines is 2. The van der Waals surface area contributed by atoms with Gasteiger partial charge >= 0.3 is 0 Å². The summed E-state index contributed by atoms with van der Waals surface area (Å²) in [5.41, 5.74) is 3.96. The normalized spacial score (nSPS) is 11.3. The van der Waals surface area contributed by atoms with Crippen molar-refractivity contribution < 1.29 is 4.84 Å². The van der Waals surface area contributed by atoms with Crippen LogP contribution in [-0.2, 0) is 4.84 Å². The zero-order valence-electron chi connectivity index (χ0n) is 14.5. The van der Waals surface area contributed by atoms with E-state index in [1.165, 1.54) is 0 Å². The third-order valence-electron chi connectivity index (χ3n) is 3.49. The molecule has 0 amide bonds. The maximum absolute atomic E-state index is 6.01. The van der Waals surface area contributed by atoms with Gasteiger partial charge in [0.2, 0.25) is 5.95 Å². The highest BCUT2D eigenvalue weighted by atomic mass is 35.5. The quantitative estimate of drug-likeness (QED) is 0.505. The van der Waals surface area contributed by atoms with E-state index < -0.39 is 0 Å². The molecule has 2 heterocycles. The molecule has 26 heavy (non-hydrogen) atoms. The third kappa shape index (κ3) is 4.55. The molecule has 1 N–H and O–H groups in total. The van der Waals surface area contributed by atoms with Crippen LogP contribution in [0.1, 0.15) is 19.5 Å². The molecule has 0 atom stereocenters. The number of halogens is 1. The van der Waals surface area contributed by atoms with Gasteiger partial charge in [-0.05, 0) is 50.2 Å². The van der Waals surface area contributed by atoms with Crippen molar-refractivity contribution in [1.29, 1.82) is 0 Å². The number of pyridine rings is 1. The van der Waals surface area contributed by atoms with Crippen LogP contribution >= 0.6 is 11.6 Å². The lowest BCUT2D eigenvalue weighted by Gasteiger charge is -2.08. The van der Waals surface area contributed by atoms with Gasteiger partial charge in [0.25, 0.3) is 0 Å². The number of nitrogens with one attached hydrogen (secondary N) is 1. The Bertz CT molecular complexity index is 929. The Morgan fingerprint density at radius 1 is 1.15 bits per heavy atom. The smallest absolute Gasteiger partial charge is 0.227 e. The van der Waals surface area contributed by atoms with Crippen LogP contribution in [0.2, 0.25) is 5.02 Å². The van der Waals surface area contributed by atoms with Gasteiger partial charge in [-0.25, -0.2) is 9.97 Å². The van der Waals surface area contributed by atoms with E-state index in [1.54, 1.807) is 12.4 Å². The van der Waals surface area contributed by atoms with Crippen molar-refractivity contribution in [3.05, 3.63) is 65.6 Å². The Kier molecular flexibility index (Phi) is 5.76. The van der Waals surface area contributed by atoms with E-state index in [0.29, 0.717) is 23.3 Å². The van der Waals surface area contributed by atoms with Gasteiger partial charge in [-0.15, -0.1) is 0 Å². The molecule has 0 aliphatic heterocycles. The first-order chi connectivity index (χ1) is 12.7. The predicted octanol–water partition coefficient (Wildman–Crippen LogP) is 4.70. The molecule has 0 aliphatic carbocycles. The summed E-state index contributed by atoms with van der Waals surface area (Å²) in [7, 11) is 0. The van der Waals surface area contributed by atoms with Gasteiger partial charge in [0, 0.05) is 28.7 Å². The second-order valence-electron chi connectivity index (χ2n) is 5.43. The Balaban J connectivity index is 1.86. The van der Waals surface area contributed by atoms with E-state index in [2.05, 4.69) is 25.4 Å². The van der Waals surface area contributed by atoms with E-state index in [1.807, 2.05) is 56.3 Å². The minimum atomic E-state index is 0.489. The lowest BCUT2D eigenvalue weighted by molar-refractivity contribution is 0.159. The second-order valence-corrected chi connectivity index (χ2v) is 5.86. The lowest BCUT2D eigenvalue weighted by atomic mass is 10.1. The van der Waals surface area contributed by atoms with Crippen LogP contribution < -0.4 is 5.32 Å². The molecule has 2 aromatic heterocycles. The first kappa shape index (κ1) is 17.8. The maximum atomic E-state index is 6.01. The van der Waals surface area contributed by atoms with Gasteiger partial charge < -0.3 is 10.2 Å². The van der Waals surface area contributed by atoms with E-state index in [0.717, 1.165) is 22.6 Å². The highest BCUT2D eigenvalue weighted by molar-refractivity contribution is 6.30. The van der Waals surface area contributed by atoms with Crippen LogP contribution in [0.15, 0.2) is 60.0 Å². The molecule has 0 fully saturated rings. The first-order valence-electron chi connectivity index (χ1n) is 8.14. The highest BCUT2D eigenvalue weighted by Crippen LogP contribution is 2.21. The van der Waals surface area contributed by atoms with Crippen molar-refractivity contribution >= 4 is 28.9 Å². The highest BCUT2D eigenvalue weighted by Gasteiger charge is 2.07. The average Bonchev–Trinajstić information content (AvgIpc) is 2.66. The average molecular weight is 368 g/mol. The molecule has 0 radical (unpaired) electrons. The monoisotopic (exact) mass is 367 g/mol. The van der Waals surface area contributed by atoms with Crippen LogP contribution in [0.25, 0.3) is 11.3 Å². The molecule has 7 heteroatoms. The third-order valence-corrected chi connectivity index (χ3v) is 3.73. The first-order valence-corrected chi connectivity index (χ1v) is 8.52. The molecule has 0 aliphatic rings. The minimum absolute atomic E-state index is 0.489. The number of nitrogens with zero attached hydrogens (tertiary/aromatic N) is 4. The molecular weight excluding hydrogens is 350 g/mol. The van der Waals surface area contributed by atoms with E-state index in [9.17, 15) is 0 Å². The van der Waals surface area contributed by atoms with Crippen molar-refractivity contribution in [1.82, 2.24) is 15.0 Å². The second kappa shape index (κ2) is 8.40. The summed E-state index contributed by atoms with van der Waals surface area (Å²) in [4.78, 5) is 18.3. The fraction of sp³-hybridized carbons (Fsp3) is 0.158. The van der Waals surface area contributed by atoms with Gasteiger partial charge in [-0.3, -0.25) is 4.98 Å². The summed E-state index contributed by atoms with van der Waals surface area (Å²) in [6.45, 7) is 4.26. The molecule has 3 aromatic rings. The molecule has 132 valence electrons. The van der Waals surface area contributed by atoms with E-state index >= 15 is 0 Å². The molecular formula is C19H18ClN5O. The SMILES string of the molecule is CCO/N=C(\C)c1cc(-c2ccnc(Nc3cccc(Cl)c3)n2)ccn1. The Morgan fingerprint density at radius 2 is 2.00 bits per heavy atom. The number of hydrogen-bond acceptors (Lipinski definition) is 6. The van der Waals surface area contributed by atoms with Crippen molar-refractivity contribution in [2.45, 2.75) is 13.8 Å². The molecule has 0 saturated heterocycles. The molecule has 0 saturated carbocycles. The number of benzene rings is 1. The predicted molar refractivity (Wildman–Crippen MR) is 104 cm³/mol. The standard InChI is InChI=1S/C19H18ClN5O/c1-3-26-25-13(2)18-11-14(7-9-21-18)17-8-10-22-19(24-17)23-16-6-4-5-15(20)12-16/h4-12H,3H2,1-2H3,(H,22,23,24)/b25-13+. The van der Waals surface area contributed by atoms with Crippen LogP contribution in [-0.4, -0.2) is 27.3 Å².